The molecular weight excluding hydrogens is 289 g/mol. The average molecular weight is 308 g/mol. The number of aliphatic hydroxyl groups is 1. The summed E-state index contributed by atoms with van der Waals surface area (Å²) in [4.78, 5) is 14.1. The molecule has 0 radical (unpaired) electrons. The molecule has 1 N–H and O–H groups in total. The molecule has 0 aromatic carbocycles. The number of hydrogen-bond donors (Lipinski definition) is 1. The molecule has 1 aromatic rings. The van der Waals surface area contributed by atoms with Gasteiger partial charge < -0.3 is 14.4 Å². The second kappa shape index (κ2) is 7.46. The number of rotatable bonds is 7. The number of likely N-dealkylation sites (N-methyl/N-ethyl adjacent to an activating group) is 1. The van der Waals surface area contributed by atoms with E-state index in [0.29, 0.717) is 11.5 Å². The van der Waals surface area contributed by atoms with Gasteiger partial charge in [0.25, 0.3) is 0 Å². The van der Waals surface area contributed by atoms with Gasteiger partial charge in [-0.15, -0.1) is 0 Å². The van der Waals surface area contributed by atoms with Crippen LogP contribution in [0.25, 0.3) is 0 Å². The third kappa shape index (κ3) is 6.63. The highest BCUT2D eigenvalue weighted by Crippen LogP contribution is 2.16. The van der Waals surface area contributed by atoms with Gasteiger partial charge in [0.2, 0.25) is 5.91 Å². The number of aryl methyl sites for hydroxylation is 1. The maximum atomic E-state index is 12.4. The number of nitrogens with zero attached hydrogens (tertiary/aromatic N) is 2. The Morgan fingerprint density at radius 2 is 2.05 bits per heavy atom. The number of carbonyl (C=O) groups excluding carboxylic acids is 1. The molecule has 5 nitrogen and oxygen atoms in total. The van der Waals surface area contributed by atoms with Crippen LogP contribution in [0.15, 0.2) is 16.5 Å². The molecule has 1 rings (SSSR count). The van der Waals surface area contributed by atoms with Gasteiger partial charge >= 0.3 is 6.18 Å². The highest BCUT2D eigenvalue weighted by atomic mass is 19.4. The molecule has 0 atom stereocenters. The summed E-state index contributed by atoms with van der Waals surface area (Å²) in [5.74, 6) is 0.791. The molecule has 0 fully saturated rings. The fraction of sp³-hybridized carbons (Fsp3) is 0.615. The molecular formula is C13H19F3N2O3. The molecule has 8 heteroatoms. The van der Waals surface area contributed by atoms with Crippen LogP contribution in [0.4, 0.5) is 13.2 Å². The quantitative estimate of drug-likeness (QED) is 0.827. The standard InChI is InChI=1S/C13H19F3N2O3/c1-10-3-4-11(21-10)7-17(2)12(20)8-18(5-6-19)9-13(14,15)16/h3-4,19H,5-9H2,1-2H3. The normalized spacial score (nSPS) is 12.0. The first-order valence-electron chi connectivity index (χ1n) is 6.40. The van der Waals surface area contributed by atoms with Crippen molar-refractivity contribution in [1.82, 2.24) is 9.80 Å². The fourth-order valence-electron chi connectivity index (χ4n) is 1.81. The molecule has 0 aliphatic rings. The van der Waals surface area contributed by atoms with E-state index in [9.17, 15) is 18.0 Å². The molecule has 1 aromatic heterocycles. The van der Waals surface area contributed by atoms with E-state index in [0.717, 1.165) is 4.90 Å². The maximum Gasteiger partial charge on any atom is 0.401 e. The van der Waals surface area contributed by atoms with Crippen LogP contribution >= 0.6 is 0 Å². The second-order valence-electron chi connectivity index (χ2n) is 4.81. The van der Waals surface area contributed by atoms with Gasteiger partial charge in [0.1, 0.15) is 11.5 Å². The van der Waals surface area contributed by atoms with Crippen molar-refractivity contribution in [3.8, 4) is 0 Å². The van der Waals surface area contributed by atoms with Gasteiger partial charge in [0.05, 0.1) is 26.2 Å². The molecule has 0 aliphatic carbocycles. The van der Waals surface area contributed by atoms with Crippen molar-refractivity contribution < 1.29 is 27.5 Å². The first-order valence-corrected chi connectivity index (χ1v) is 6.40. The molecule has 0 unspecified atom stereocenters. The fourth-order valence-corrected chi connectivity index (χ4v) is 1.81. The lowest BCUT2D eigenvalue weighted by Crippen LogP contribution is -2.43. The highest BCUT2D eigenvalue weighted by Gasteiger charge is 2.31. The van der Waals surface area contributed by atoms with E-state index in [2.05, 4.69) is 0 Å². The van der Waals surface area contributed by atoms with Gasteiger partial charge in [-0.05, 0) is 19.1 Å². The minimum atomic E-state index is -4.41. The monoisotopic (exact) mass is 308 g/mol. The Bertz CT molecular complexity index is 460. The van der Waals surface area contributed by atoms with Crippen LogP contribution in [0, 0.1) is 6.92 Å². The van der Waals surface area contributed by atoms with Crippen LogP contribution < -0.4 is 0 Å². The number of aliphatic hydroxyl groups excluding tert-OH is 1. The SMILES string of the molecule is Cc1ccc(CN(C)C(=O)CN(CCO)CC(F)(F)F)o1. The predicted molar refractivity (Wildman–Crippen MR) is 69.5 cm³/mol. The van der Waals surface area contributed by atoms with Gasteiger partial charge in [-0.1, -0.05) is 0 Å². The molecule has 1 heterocycles. The Hall–Kier alpha value is -1.54. The van der Waals surface area contributed by atoms with Gasteiger partial charge in [-0.2, -0.15) is 13.2 Å². The van der Waals surface area contributed by atoms with Crippen LogP contribution in [0.1, 0.15) is 11.5 Å². The zero-order valence-corrected chi connectivity index (χ0v) is 12.0. The first-order chi connectivity index (χ1) is 9.71. The molecule has 0 aliphatic heterocycles. The summed E-state index contributed by atoms with van der Waals surface area (Å²) in [6.45, 7) is -0.337. The Labute approximate surface area is 120 Å². The van der Waals surface area contributed by atoms with Crippen LogP contribution in [-0.2, 0) is 11.3 Å². The summed E-state index contributed by atoms with van der Waals surface area (Å²) in [5.41, 5.74) is 0. The molecule has 0 saturated heterocycles. The third-order valence-corrected chi connectivity index (χ3v) is 2.79. The minimum Gasteiger partial charge on any atom is -0.464 e. The van der Waals surface area contributed by atoms with Gasteiger partial charge in [0.15, 0.2) is 0 Å². The Kier molecular flexibility index (Phi) is 6.22. The molecule has 0 saturated carbocycles. The van der Waals surface area contributed by atoms with Crippen molar-refractivity contribution >= 4 is 5.91 Å². The van der Waals surface area contributed by atoms with E-state index in [1.165, 1.54) is 11.9 Å². The third-order valence-electron chi connectivity index (χ3n) is 2.79. The van der Waals surface area contributed by atoms with E-state index >= 15 is 0 Å². The second-order valence-corrected chi connectivity index (χ2v) is 4.81. The van der Waals surface area contributed by atoms with E-state index in [1.54, 1.807) is 19.1 Å². The molecule has 1 amide bonds. The average Bonchev–Trinajstić information content (AvgIpc) is 2.72. The smallest absolute Gasteiger partial charge is 0.401 e. The van der Waals surface area contributed by atoms with Crippen molar-refractivity contribution in [2.75, 3.05) is 33.3 Å². The summed E-state index contributed by atoms with van der Waals surface area (Å²) < 4.78 is 42.4. The van der Waals surface area contributed by atoms with E-state index in [4.69, 9.17) is 9.52 Å². The van der Waals surface area contributed by atoms with Crippen molar-refractivity contribution in [3.05, 3.63) is 23.7 Å². The minimum absolute atomic E-state index is 0.186. The Morgan fingerprint density at radius 1 is 1.38 bits per heavy atom. The van der Waals surface area contributed by atoms with Crippen LogP contribution in [0.3, 0.4) is 0 Å². The summed E-state index contributed by atoms with van der Waals surface area (Å²) in [6.07, 6.45) is -4.41. The summed E-state index contributed by atoms with van der Waals surface area (Å²) in [7, 11) is 1.49. The van der Waals surface area contributed by atoms with Gasteiger partial charge in [-0.25, -0.2) is 0 Å². The number of amides is 1. The van der Waals surface area contributed by atoms with Crippen molar-refractivity contribution in [3.63, 3.8) is 0 Å². The lowest BCUT2D eigenvalue weighted by atomic mass is 10.3. The summed E-state index contributed by atoms with van der Waals surface area (Å²) in [6, 6.07) is 3.45. The van der Waals surface area contributed by atoms with Crippen molar-refractivity contribution in [2.24, 2.45) is 0 Å². The zero-order valence-electron chi connectivity index (χ0n) is 12.0. The first kappa shape index (κ1) is 17.5. The van der Waals surface area contributed by atoms with Crippen LogP contribution in [-0.4, -0.2) is 60.3 Å². The number of alkyl halides is 3. The molecule has 0 spiro atoms. The highest BCUT2D eigenvalue weighted by molar-refractivity contribution is 5.77. The summed E-state index contributed by atoms with van der Waals surface area (Å²) in [5, 5.41) is 8.77. The topological polar surface area (TPSA) is 56.9 Å². The lowest BCUT2D eigenvalue weighted by molar-refractivity contribution is -0.152. The lowest BCUT2D eigenvalue weighted by Gasteiger charge is -2.24. The zero-order chi connectivity index (χ0) is 16.0. The van der Waals surface area contributed by atoms with Gasteiger partial charge in [-0.3, -0.25) is 9.69 Å². The molecule has 21 heavy (non-hydrogen) atoms. The number of carbonyl (C=O) groups is 1. The molecule has 120 valence electrons. The predicted octanol–water partition coefficient (Wildman–Crippen LogP) is 1.40. The number of halogens is 3. The summed E-state index contributed by atoms with van der Waals surface area (Å²) >= 11 is 0. The van der Waals surface area contributed by atoms with Crippen LogP contribution in [0.5, 0.6) is 0 Å². The molecule has 0 bridgehead atoms. The maximum absolute atomic E-state index is 12.4. The number of hydrogen-bond acceptors (Lipinski definition) is 4. The van der Waals surface area contributed by atoms with E-state index in [-0.39, 0.29) is 13.1 Å². The van der Waals surface area contributed by atoms with Crippen molar-refractivity contribution in [1.29, 1.82) is 0 Å². The van der Waals surface area contributed by atoms with Crippen LogP contribution in [0.2, 0.25) is 0 Å². The van der Waals surface area contributed by atoms with E-state index < -0.39 is 31.8 Å². The van der Waals surface area contributed by atoms with Gasteiger partial charge in [0, 0.05) is 13.6 Å². The number of furan rings is 1. The Balaban J connectivity index is 2.55. The Morgan fingerprint density at radius 3 is 2.52 bits per heavy atom. The van der Waals surface area contributed by atoms with Crippen molar-refractivity contribution in [2.45, 2.75) is 19.6 Å². The largest absolute Gasteiger partial charge is 0.464 e. The van der Waals surface area contributed by atoms with E-state index in [1.807, 2.05) is 0 Å².